The number of aliphatic carboxylic acids is 1. The maximum Gasteiger partial charge on any atom is 0.332 e. The number of anilines is 1. The first-order valence-electron chi connectivity index (χ1n) is 8.35. The van der Waals surface area contributed by atoms with Crippen molar-refractivity contribution in [3.8, 4) is 17.2 Å². The van der Waals surface area contributed by atoms with Gasteiger partial charge in [-0.1, -0.05) is 24.3 Å². The number of nitrogens with zero attached hydrogens (tertiary/aromatic N) is 2. The van der Waals surface area contributed by atoms with E-state index in [1.165, 1.54) is 4.90 Å². The lowest BCUT2D eigenvalue weighted by molar-refractivity contribution is -0.133. The molecule has 1 aliphatic carbocycles. The van der Waals surface area contributed by atoms with E-state index in [1.807, 2.05) is 36.4 Å². The second kappa shape index (κ2) is 7.24. The van der Waals surface area contributed by atoms with Crippen LogP contribution in [0.4, 0.5) is 5.69 Å². The first kappa shape index (κ1) is 17.4. The molecule has 1 N–H and O–H groups in total. The van der Waals surface area contributed by atoms with Crippen molar-refractivity contribution < 1.29 is 14.7 Å². The van der Waals surface area contributed by atoms with Crippen molar-refractivity contribution in [1.82, 2.24) is 0 Å². The maximum atomic E-state index is 12.7. The average Bonchev–Trinajstić information content (AvgIpc) is 3.17. The molecule has 1 amide bonds. The summed E-state index contributed by atoms with van der Waals surface area (Å²) in [4.78, 5) is 25.4. The molecule has 0 aromatic heterocycles. The minimum absolute atomic E-state index is 0.232. The van der Waals surface area contributed by atoms with Crippen LogP contribution in [0.2, 0.25) is 0 Å². The quantitative estimate of drug-likeness (QED) is 0.914. The van der Waals surface area contributed by atoms with Crippen LogP contribution in [0.3, 0.4) is 0 Å². The number of hydrogen-bond donors (Lipinski definition) is 1. The third kappa shape index (κ3) is 3.35. The topological polar surface area (TPSA) is 81.4 Å². The molecule has 0 heterocycles. The molecule has 26 heavy (non-hydrogen) atoms. The van der Waals surface area contributed by atoms with Gasteiger partial charge < -0.3 is 10.0 Å². The van der Waals surface area contributed by atoms with Crippen LogP contribution in [0.25, 0.3) is 11.1 Å². The SMILES string of the molecule is CN(C(=O)C1=C(C(=O)O)CCC1)c1ccc(-c2ccc(C#N)cc2)cc1. The van der Waals surface area contributed by atoms with Crippen molar-refractivity contribution in [2.24, 2.45) is 0 Å². The number of hydrogen-bond acceptors (Lipinski definition) is 3. The molecule has 0 unspecified atom stereocenters. The second-order valence-electron chi connectivity index (χ2n) is 6.22. The van der Waals surface area contributed by atoms with Crippen molar-refractivity contribution in [1.29, 1.82) is 5.26 Å². The number of carbonyl (C=O) groups excluding carboxylic acids is 1. The van der Waals surface area contributed by atoms with Gasteiger partial charge in [0.25, 0.3) is 5.91 Å². The van der Waals surface area contributed by atoms with Gasteiger partial charge in [0.15, 0.2) is 0 Å². The fraction of sp³-hybridized carbons (Fsp3) is 0.190. The summed E-state index contributed by atoms with van der Waals surface area (Å²) in [6, 6.07) is 16.9. The Balaban J connectivity index is 1.81. The summed E-state index contributed by atoms with van der Waals surface area (Å²) in [6.45, 7) is 0. The number of carboxylic acid groups (broad SMARTS) is 1. The van der Waals surface area contributed by atoms with Gasteiger partial charge in [-0.15, -0.1) is 0 Å². The fourth-order valence-electron chi connectivity index (χ4n) is 3.15. The molecule has 0 bridgehead atoms. The van der Waals surface area contributed by atoms with Crippen molar-refractivity contribution in [2.45, 2.75) is 19.3 Å². The van der Waals surface area contributed by atoms with E-state index in [0.29, 0.717) is 36.1 Å². The monoisotopic (exact) mass is 346 g/mol. The van der Waals surface area contributed by atoms with Gasteiger partial charge in [0.05, 0.1) is 11.6 Å². The predicted molar refractivity (Wildman–Crippen MR) is 98.5 cm³/mol. The van der Waals surface area contributed by atoms with E-state index >= 15 is 0 Å². The predicted octanol–water partition coefficient (Wildman–Crippen LogP) is 3.75. The Labute approximate surface area is 151 Å². The minimum Gasteiger partial charge on any atom is -0.478 e. The van der Waals surface area contributed by atoms with Crippen LogP contribution in [0, 0.1) is 11.3 Å². The van der Waals surface area contributed by atoms with Gasteiger partial charge in [-0.25, -0.2) is 4.79 Å². The Morgan fingerprint density at radius 3 is 2.04 bits per heavy atom. The lowest BCUT2D eigenvalue weighted by atomic mass is 10.0. The van der Waals surface area contributed by atoms with Gasteiger partial charge in [-0.2, -0.15) is 5.26 Å². The number of amides is 1. The van der Waals surface area contributed by atoms with Crippen molar-refractivity contribution in [2.75, 3.05) is 11.9 Å². The third-order valence-corrected chi connectivity index (χ3v) is 4.64. The molecule has 0 aliphatic heterocycles. The lowest BCUT2D eigenvalue weighted by Gasteiger charge is -2.19. The van der Waals surface area contributed by atoms with E-state index in [-0.39, 0.29) is 11.5 Å². The van der Waals surface area contributed by atoms with Crippen LogP contribution in [0.1, 0.15) is 24.8 Å². The van der Waals surface area contributed by atoms with E-state index < -0.39 is 5.97 Å². The number of likely N-dealkylation sites (N-methyl/N-ethyl adjacent to an activating group) is 1. The molecule has 0 spiro atoms. The molecule has 130 valence electrons. The van der Waals surface area contributed by atoms with Gasteiger partial charge in [-0.3, -0.25) is 4.79 Å². The molecular weight excluding hydrogens is 328 g/mol. The minimum atomic E-state index is -1.00. The van der Waals surface area contributed by atoms with Gasteiger partial charge in [0, 0.05) is 23.9 Å². The van der Waals surface area contributed by atoms with Gasteiger partial charge in [0.2, 0.25) is 0 Å². The van der Waals surface area contributed by atoms with Crippen molar-refractivity contribution in [3.63, 3.8) is 0 Å². The van der Waals surface area contributed by atoms with Crippen LogP contribution in [-0.4, -0.2) is 24.0 Å². The Morgan fingerprint density at radius 2 is 1.50 bits per heavy atom. The number of carboxylic acids is 1. The number of carbonyl (C=O) groups is 2. The highest BCUT2D eigenvalue weighted by molar-refractivity contribution is 6.10. The average molecular weight is 346 g/mol. The zero-order chi connectivity index (χ0) is 18.7. The van der Waals surface area contributed by atoms with E-state index in [9.17, 15) is 14.7 Å². The van der Waals surface area contributed by atoms with E-state index in [2.05, 4.69) is 6.07 Å². The van der Waals surface area contributed by atoms with Crippen LogP contribution in [0.15, 0.2) is 59.7 Å². The molecule has 0 saturated heterocycles. The van der Waals surface area contributed by atoms with E-state index in [1.54, 1.807) is 19.2 Å². The summed E-state index contributed by atoms with van der Waals surface area (Å²) < 4.78 is 0. The first-order valence-corrected chi connectivity index (χ1v) is 8.35. The molecule has 5 heteroatoms. The second-order valence-corrected chi connectivity index (χ2v) is 6.22. The van der Waals surface area contributed by atoms with Crippen LogP contribution < -0.4 is 4.90 Å². The van der Waals surface area contributed by atoms with Crippen LogP contribution >= 0.6 is 0 Å². The molecule has 3 rings (SSSR count). The largest absolute Gasteiger partial charge is 0.478 e. The van der Waals surface area contributed by atoms with Crippen LogP contribution in [-0.2, 0) is 9.59 Å². The number of rotatable bonds is 4. The molecule has 0 atom stereocenters. The molecule has 0 saturated carbocycles. The molecule has 0 fully saturated rings. The zero-order valence-corrected chi connectivity index (χ0v) is 14.4. The van der Waals surface area contributed by atoms with Gasteiger partial charge in [-0.05, 0) is 54.7 Å². The lowest BCUT2D eigenvalue weighted by Crippen LogP contribution is -2.28. The Morgan fingerprint density at radius 1 is 0.962 bits per heavy atom. The maximum absolute atomic E-state index is 12.7. The standard InChI is InChI=1S/C21H18N2O3/c1-23(20(24)18-3-2-4-19(18)21(25)26)17-11-9-16(10-12-17)15-7-5-14(13-22)6-8-15/h5-12H,2-4H2,1H3,(H,25,26). The van der Waals surface area contributed by atoms with E-state index in [4.69, 9.17) is 5.26 Å². The van der Waals surface area contributed by atoms with Gasteiger partial charge >= 0.3 is 5.97 Å². The molecule has 2 aromatic rings. The Hall–Kier alpha value is -3.39. The summed E-state index contributed by atoms with van der Waals surface area (Å²) in [7, 11) is 1.66. The summed E-state index contributed by atoms with van der Waals surface area (Å²) in [5, 5.41) is 18.1. The molecule has 5 nitrogen and oxygen atoms in total. The Bertz CT molecular complexity index is 919. The normalized spacial score (nSPS) is 13.4. The summed E-state index contributed by atoms with van der Waals surface area (Å²) >= 11 is 0. The summed E-state index contributed by atoms with van der Waals surface area (Å²) in [5.41, 5.74) is 3.90. The first-order chi connectivity index (χ1) is 12.5. The molecular formula is C21H18N2O3. The highest BCUT2D eigenvalue weighted by Gasteiger charge is 2.27. The van der Waals surface area contributed by atoms with Crippen molar-refractivity contribution in [3.05, 3.63) is 65.2 Å². The van der Waals surface area contributed by atoms with E-state index in [0.717, 1.165) is 11.1 Å². The molecule has 0 radical (unpaired) electrons. The molecule has 1 aliphatic rings. The highest BCUT2D eigenvalue weighted by Crippen LogP contribution is 2.29. The molecule has 2 aromatic carbocycles. The number of benzene rings is 2. The van der Waals surface area contributed by atoms with Crippen molar-refractivity contribution >= 4 is 17.6 Å². The van der Waals surface area contributed by atoms with Gasteiger partial charge in [0.1, 0.15) is 0 Å². The third-order valence-electron chi connectivity index (χ3n) is 4.64. The summed E-state index contributed by atoms with van der Waals surface area (Å²) in [6.07, 6.45) is 1.66. The zero-order valence-electron chi connectivity index (χ0n) is 14.4. The Kier molecular flexibility index (Phi) is 4.85. The number of nitriles is 1. The summed E-state index contributed by atoms with van der Waals surface area (Å²) in [5.74, 6) is -1.26. The fourth-order valence-corrected chi connectivity index (χ4v) is 3.15. The smallest absolute Gasteiger partial charge is 0.332 e. The van der Waals surface area contributed by atoms with Crippen LogP contribution in [0.5, 0.6) is 0 Å². The highest BCUT2D eigenvalue weighted by atomic mass is 16.4.